The monoisotopic (exact) mass is 547 g/mol. The van der Waals surface area contributed by atoms with Crippen LogP contribution in [-0.2, 0) is 23.0 Å². The van der Waals surface area contributed by atoms with Crippen molar-refractivity contribution in [2.75, 3.05) is 31.5 Å². The Hall–Kier alpha value is -3.46. The van der Waals surface area contributed by atoms with Gasteiger partial charge in [-0.25, -0.2) is 13.2 Å². The molecule has 0 unspecified atom stereocenters. The van der Waals surface area contributed by atoms with Crippen LogP contribution in [-0.4, -0.2) is 74.1 Å². The molecule has 0 radical (unpaired) electrons. The number of nitrogens with two attached hydrogens (primary N) is 1. The van der Waals surface area contributed by atoms with Crippen molar-refractivity contribution in [2.24, 2.45) is 5.73 Å². The molecule has 0 saturated heterocycles. The van der Waals surface area contributed by atoms with E-state index >= 15 is 0 Å². The molecule has 0 saturated carbocycles. The molecule has 0 aliphatic carbocycles. The van der Waals surface area contributed by atoms with Gasteiger partial charge in [-0.15, -0.1) is 11.3 Å². The molecule has 6 N–H and O–H groups in total. The topological polar surface area (TPSA) is 190 Å². The first-order valence-electron chi connectivity index (χ1n) is 11.5. The highest BCUT2D eigenvalue weighted by Gasteiger charge is 2.29. The van der Waals surface area contributed by atoms with E-state index in [4.69, 9.17) is 16.6 Å². The van der Waals surface area contributed by atoms with Crippen LogP contribution in [0.25, 0.3) is 0 Å². The summed E-state index contributed by atoms with van der Waals surface area (Å²) in [7, 11) is -3.97. The second-order valence-electron chi connectivity index (χ2n) is 8.26. The van der Waals surface area contributed by atoms with Gasteiger partial charge in [0, 0.05) is 49.0 Å². The maximum Gasteiger partial charge on any atom is 0.319 e. The zero-order valence-electron chi connectivity index (χ0n) is 20.2. The van der Waals surface area contributed by atoms with Gasteiger partial charge in [-0.2, -0.15) is 4.31 Å². The first kappa shape index (κ1) is 28.1. The molecule has 198 valence electrons. The van der Waals surface area contributed by atoms with Crippen LogP contribution < -0.4 is 16.4 Å². The minimum absolute atomic E-state index is 0.0862. The van der Waals surface area contributed by atoms with E-state index in [0.29, 0.717) is 13.0 Å². The van der Waals surface area contributed by atoms with E-state index < -0.39 is 27.9 Å². The molecule has 12 nitrogen and oxygen atoms in total. The lowest BCUT2D eigenvalue weighted by Gasteiger charge is -2.26. The Morgan fingerprint density at radius 1 is 1.14 bits per heavy atom. The summed E-state index contributed by atoms with van der Waals surface area (Å²) in [5.74, 6) is -1.25. The smallest absolute Gasteiger partial charge is 0.319 e. The largest absolute Gasteiger partial charge is 0.351 e. The number of rotatable bonds is 11. The molecule has 2 aromatic rings. The molecule has 2 heterocycles. The molecule has 14 heteroatoms. The van der Waals surface area contributed by atoms with Crippen LogP contribution in [0.5, 0.6) is 0 Å². The van der Waals surface area contributed by atoms with Crippen LogP contribution in [0.1, 0.15) is 44.5 Å². The average Bonchev–Trinajstić information content (AvgIpc) is 3.20. The number of anilines is 1. The highest BCUT2D eigenvalue weighted by atomic mass is 32.2. The standard InChI is InChI=1S/C23H29N7O5S2/c1-2-10-29-11-7-17-18(14-29)36-22(19(17)21(32)28-23(26)33)27-20(31)15-3-5-16(6-4-15)37(34,35)30(12-8-24)13-9-25/h3-6,8-9,24-25H,2,7,10-14H2,1H3,(H,27,31)(H3,26,28,32,33). The average molecular weight is 548 g/mol. The number of primary amides is 1. The number of fused-ring (bicyclic) bond motifs is 1. The predicted octanol–water partition coefficient (Wildman–Crippen LogP) is 1.87. The Balaban J connectivity index is 1.87. The minimum atomic E-state index is -3.97. The summed E-state index contributed by atoms with van der Waals surface area (Å²) in [6, 6.07) is 4.23. The molecule has 3 rings (SSSR count). The number of sulfonamides is 1. The molecular weight excluding hydrogens is 518 g/mol. The summed E-state index contributed by atoms with van der Waals surface area (Å²) in [5, 5.41) is 19.5. The van der Waals surface area contributed by atoms with Crippen LogP contribution in [0.2, 0.25) is 0 Å². The molecule has 1 aromatic carbocycles. The molecular formula is C23H29N7O5S2. The quantitative estimate of drug-likeness (QED) is 0.267. The number of urea groups is 1. The lowest BCUT2D eigenvalue weighted by molar-refractivity contribution is 0.0965. The van der Waals surface area contributed by atoms with E-state index in [1.807, 2.05) is 0 Å². The maximum absolute atomic E-state index is 13.0. The van der Waals surface area contributed by atoms with Gasteiger partial charge >= 0.3 is 6.03 Å². The van der Waals surface area contributed by atoms with Crippen molar-refractivity contribution < 1.29 is 22.8 Å². The van der Waals surface area contributed by atoms with E-state index in [1.54, 1.807) is 0 Å². The van der Waals surface area contributed by atoms with Gasteiger partial charge in [-0.05, 0) is 49.2 Å². The van der Waals surface area contributed by atoms with Crippen LogP contribution in [0.3, 0.4) is 0 Å². The second-order valence-corrected chi connectivity index (χ2v) is 11.3. The molecule has 0 bridgehead atoms. The van der Waals surface area contributed by atoms with Crippen molar-refractivity contribution in [3.8, 4) is 0 Å². The molecule has 0 atom stereocenters. The summed E-state index contributed by atoms with van der Waals surface area (Å²) in [4.78, 5) is 40.2. The van der Waals surface area contributed by atoms with Crippen molar-refractivity contribution in [1.82, 2.24) is 14.5 Å². The third-order valence-corrected chi connectivity index (χ3v) is 8.69. The Kier molecular flexibility index (Phi) is 9.26. The van der Waals surface area contributed by atoms with E-state index in [1.165, 1.54) is 35.6 Å². The van der Waals surface area contributed by atoms with Gasteiger partial charge < -0.3 is 21.9 Å². The maximum atomic E-state index is 13.0. The van der Waals surface area contributed by atoms with Crippen LogP contribution >= 0.6 is 11.3 Å². The molecule has 1 aromatic heterocycles. The Labute approximate surface area is 218 Å². The molecule has 4 amide bonds. The zero-order valence-corrected chi connectivity index (χ0v) is 21.9. The summed E-state index contributed by atoms with van der Waals surface area (Å²) >= 11 is 1.26. The number of carbonyl (C=O) groups is 3. The number of amides is 4. The molecule has 37 heavy (non-hydrogen) atoms. The number of nitrogens with zero attached hydrogens (tertiary/aromatic N) is 2. The van der Waals surface area contributed by atoms with E-state index in [9.17, 15) is 22.8 Å². The number of nitrogens with one attached hydrogen (secondary N) is 4. The van der Waals surface area contributed by atoms with Crippen LogP contribution in [0, 0.1) is 10.8 Å². The van der Waals surface area contributed by atoms with E-state index in [2.05, 4.69) is 22.5 Å². The number of hydrogen-bond donors (Lipinski definition) is 5. The summed E-state index contributed by atoms with van der Waals surface area (Å²) in [6.45, 7) is 3.97. The summed E-state index contributed by atoms with van der Waals surface area (Å²) < 4.78 is 26.6. The normalized spacial score (nSPS) is 13.6. The predicted molar refractivity (Wildman–Crippen MR) is 141 cm³/mol. The fraction of sp³-hybridized carbons (Fsp3) is 0.348. The van der Waals surface area contributed by atoms with Gasteiger partial charge in [-0.1, -0.05) is 6.92 Å². The van der Waals surface area contributed by atoms with Crippen LogP contribution in [0.15, 0.2) is 29.2 Å². The van der Waals surface area contributed by atoms with Gasteiger partial charge in [0.15, 0.2) is 0 Å². The van der Waals surface area contributed by atoms with Crippen molar-refractivity contribution in [2.45, 2.75) is 31.2 Å². The van der Waals surface area contributed by atoms with Gasteiger partial charge in [0.2, 0.25) is 10.0 Å². The number of thiophene rings is 1. The summed E-state index contributed by atoms with van der Waals surface area (Å²) in [5.41, 5.74) is 6.28. The Morgan fingerprint density at radius 3 is 2.35 bits per heavy atom. The van der Waals surface area contributed by atoms with Crippen molar-refractivity contribution in [3.05, 3.63) is 45.8 Å². The number of benzene rings is 1. The van der Waals surface area contributed by atoms with Gasteiger partial charge in [0.05, 0.1) is 10.5 Å². The second kappa shape index (κ2) is 12.2. The lowest BCUT2D eigenvalue weighted by Crippen LogP contribution is -2.36. The fourth-order valence-electron chi connectivity index (χ4n) is 4.04. The third kappa shape index (κ3) is 6.46. The third-order valence-electron chi connectivity index (χ3n) is 5.71. The van der Waals surface area contributed by atoms with Crippen molar-refractivity contribution in [3.63, 3.8) is 0 Å². The first-order chi connectivity index (χ1) is 17.6. The molecule has 1 aliphatic heterocycles. The molecule has 1 aliphatic rings. The van der Waals surface area contributed by atoms with E-state index in [0.717, 1.165) is 46.7 Å². The van der Waals surface area contributed by atoms with Gasteiger partial charge in [0.25, 0.3) is 11.8 Å². The first-order valence-corrected chi connectivity index (χ1v) is 13.7. The van der Waals surface area contributed by atoms with Gasteiger partial charge in [-0.3, -0.25) is 19.8 Å². The zero-order chi connectivity index (χ0) is 27.2. The molecule has 0 fully saturated rings. The van der Waals surface area contributed by atoms with Crippen LogP contribution in [0.4, 0.5) is 9.80 Å². The minimum Gasteiger partial charge on any atom is -0.351 e. The number of carbonyl (C=O) groups excluding carboxylic acids is 3. The SMILES string of the molecule is CCCN1CCc2c(sc(NC(=O)c3ccc(S(=O)(=O)N(CC=N)CC=N)cc3)c2C(=O)NC(N)=O)C1. The number of imide groups is 1. The fourth-order valence-corrected chi connectivity index (χ4v) is 6.65. The Morgan fingerprint density at radius 2 is 1.78 bits per heavy atom. The number of hydrogen-bond acceptors (Lipinski definition) is 9. The molecule has 0 spiro atoms. The lowest BCUT2D eigenvalue weighted by atomic mass is 10.0. The summed E-state index contributed by atoms with van der Waals surface area (Å²) in [6.07, 6.45) is 3.41. The van der Waals surface area contributed by atoms with E-state index in [-0.39, 0.29) is 34.1 Å². The van der Waals surface area contributed by atoms with Gasteiger partial charge in [0.1, 0.15) is 5.00 Å². The Bertz CT molecular complexity index is 1300. The highest BCUT2D eigenvalue weighted by molar-refractivity contribution is 7.89. The highest BCUT2D eigenvalue weighted by Crippen LogP contribution is 2.37. The van der Waals surface area contributed by atoms with Crippen molar-refractivity contribution >= 4 is 56.6 Å². The van der Waals surface area contributed by atoms with Crippen molar-refractivity contribution in [1.29, 1.82) is 10.8 Å².